The molecule has 1 unspecified atom stereocenters. The van der Waals surface area contributed by atoms with Gasteiger partial charge < -0.3 is 4.74 Å². The molecule has 8 nitrogen and oxygen atoms in total. The van der Waals surface area contributed by atoms with E-state index in [-0.39, 0.29) is 18.0 Å². The van der Waals surface area contributed by atoms with E-state index in [9.17, 15) is 14.9 Å². The first-order valence-corrected chi connectivity index (χ1v) is 4.98. The zero-order chi connectivity index (χ0) is 13.5. The zero-order valence-electron chi connectivity index (χ0n) is 9.52. The van der Waals surface area contributed by atoms with Gasteiger partial charge in [0.1, 0.15) is 5.75 Å². The highest BCUT2D eigenvalue weighted by atomic mass is 16.6. The van der Waals surface area contributed by atoms with E-state index in [2.05, 4.69) is 10.0 Å². The van der Waals surface area contributed by atoms with Crippen molar-refractivity contribution in [1.29, 1.82) is 0 Å². The molecule has 18 heavy (non-hydrogen) atoms. The number of ether oxygens (including phenoxy) is 1. The molecular weight excluding hydrogens is 240 g/mol. The van der Waals surface area contributed by atoms with Gasteiger partial charge in [0.2, 0.25) is 0 Å². The smallest absolute Gasteiger partial charge is 0.269 e. The average Bonchev–Trinajstić information content (AvgIpc) is 2.37. The molecule has 0 aliphatic rings. The van der Waals surface area contributed by atoms with Gasteiger partial charge in [0.05, 0.1) is 11.5 Å². The summed E-state index contributed by atoms with van der Waals surface area (Å²) in [7, 11) is 0. The lowest BCUT2D eigenvalue weighted by atomic mass is 10.2. The van der Waals surface area contributed by atoms with Crippen molar-refractivity contribution in [2.45, 2.75) is 19.6 Å². The van der Waals surface area contributed by atoms with Crippen molar-refractivity contribution in [1.82, 2.24) is 0 Å². The van der Waals surface area contributed by atoms with E-state index >= 15 is 0 Å². The van der Waals surface area contributed by atoms with Crippen LogP contribution in [0.2, 0.25) is 0 Å². The molecule has 0 radical (unpaired) electrons. The Balaban J connectivity index is 3.10. The van der Waals surface area contributed by atoms with Gasteiger partial charge in [0.25, 0.3) is 5.69 Å². The molecule has 1 aromatic rings. The van der Waals surface area contributed by atoms with Gasteiger partial charge in [-0.05, 0) is 18.5 Å². The number of hydrogen-bond donors (Lipinski definition) is 0. The minimum Gasteiger partial charge on any atom is -0.483 e. The molecule has 0 heterocycles. The molecule has 0 amide bonds. The van der Waals surface area contributed by atoms with Gasteiger partial charge in [-0.25, -0.2) is 0 Å². The standard InChI is InChI=1S/C10H10N4O4/c1-7(6-15)18-10-3-2-9(14(16)17)4-8(10)5-12-13-11/h2-4,6-7H,5H2,1H3. The molecule has 0 saturated carbocycles. The molecule has 0 aromatic heterocycles. The highest BCUT2D eigenvalue weighted by Gasteiger charge is 2.13. The van der Waals surface area contributed by atoms with Gasteiger partial charge in [0.15, 0.2) is 12.4 Å². The van der Waals surface area contributed by atoms with Crippen LogP contribution in [-0.2, 0) is 11.3 Å². The first-order valence-electron chi connectivity index (χ1n) is 4.98. The Morgan fingerprint density at radius 1 is 1.67 bits per heavy atom. The minimum atomic E-state index is -0.684. The Morgan fingerprint density at radius 3 is 2.94 bits per heavy atom. The lowest BCUT2D eigenvalue weighted by Gasteiger charge is -2.12. The third-order valence-corrected chi connectivity index (χ3v) is 2.06. The van der Waals surface area contributed by atoms with Crippen molar-refractivity contribution in [3.63, 3.8) is 0 Å². The SMILES string of the molecule is CC(C=O)Oc1ccc([N+](=O)[O-])cc1CN=[N+]=[N-]. The Kier molecular flexibility index (Phi) is 4.65. The van der Waals surface area contributed by atoms with E-state index in [1.165, 1.54) is 25.1 Å². The summed E-state index contributed by atoms with van der Waals surface area (Å²) in [6.45, 7) is 1.45. The highest BCUT2D eigenvalue weighted by Crippen LogP contribution is 2.25. The molecule has 1 aromatic carbocycles. The Hall–Kier alpha value is -2.60. The number of hydrogen-bond acceptors (Lipinski definition) is 5. The lowest BCUT2D eigenvalue weighted by molar-refractivity contribution is -0.384. The van der Waals surface area contributed by atoms with E-state index in [0.29, 0.717) is 11.8 Å². The maximum absolute atomic E-state index is 10.6. The summed E-state index contributed by atoms with van der Waals surface area (Å²) in [6, 6.07) is 3.88. The fourth-order valence-corrected chi connectivity index (χ4v) is 1.25. The first-order chi connectivity index (χ1) is 8.58. The Bertz CT molecular complexity index is 511. The molecule has 0 bridgehead atoms. The number of aldehydes is 1. The van der Waals surface area contributed by atoms with Crippen LogP contribution in [0.4, 0.5) is 5.69 Å². The second kappa shape index (κ2) is 6.21. The number of non-ortho nitro benzene ring substituents is 1. The van der Waals surface area contributed by atoms with Crippen molar-refractivity contribution in [3.05, 3.63) is 44.3 Å². The summed E-state index contributed by atoms with van der Waals surface area (Å²) in [5.74, 6) is 0.285. The third kappa shape index (κ3) is 3.46. The molecule has 1 atom stereocenters. The Morgan fingerprint density at radius 2 is 2.39 bits per heavy atom. The van der Waals surface area contributed by atoms with E-state index in [4.69, 9.17) is 10.3 Å². The van der Waals surface area contributed by atoms with Gasteiger partial charge in [-0.2, -0.15) is 0 Å². The van der Waals surface area contributed by atoms with Crippen LogP contribution in [0.3, 0.4) is 0 Å². The van der Waals surface area contributed by atoms with Crippen molar-refractivity contribution in [2.24, 2.45) is 5.11 Å². The fraction of sp³-hybridized carbons (Fsp3) is 0.300. The van der Waals surface area contributed by atoms with Crippen molar-refractivity contribution < 1.29 is 14.5 Å². The second-order valence-corrected chi connectivity index (χ2v) is 3.40. The summed E-state index contributed by atoms with van der Waals surface area (Å²) in [6.07, 6.45) is -0.0880. The lowest BCUT2D eigenvalue weighted by Crippen LogP contribution is -2.13. The van der Waals surface area contributed by atoms with Crippen LogP contribution in [0.5, 0.6) is 5.75 Å². The van der Waals surface area contributed by atoms with E-state index in [0.717, 1.165) is 0 Å². The highest BCUT2D eigenvalue weighted by molar-refractivity contribution is 5.56. The molecule has 0 N–H and O–H groups in total. The summed E-state index contributed by atoms with van der Waals surface area (Å²) < 4.78 is 5.25. The number of nitrogens with zero attached hydrogens (tertiary/aromatic N) is 4. The minimum absolute atomic E-state index is 0.0842. The van der Waals surface area contributed by atoms with Crippen LogP contribution in [0, 0.1) is 10.1 Å². The quantitative estimate of drug-likeness (QED) is 0.192. The number of azide groups is 1. The van der Waals surface area contributed by atoms with E-state index < -0.39 is 11.0 Å². The van der Waals surface area contributed by atoms with Gasteiger partial charge >= 0.3 is 0 Å². The number of nitro groups is 1. The van der Waals surface area contributed by atoms with Gasteiger partial charge in [-0.1, -0.05) is 5.11 Å². The maximum Gasteiger partial charge on any atom is 0.269 e. The second-order valence-electron chi connectivity index (χ2n) is 3.40. The molecule has 0 fully saturated rings. The normalized spacial score (nSPS) is 11.2. The molecular formula is C10H10N4O4. The topological polar surface area (TPSA) is 118 Å². The number of nitro benzene ring substituents is 1. The van der Waals surface area contributed by atoms with Crippen molar-refractivity contribution in [3.8, 4) is 5.75 Å². The van der Waals surface area contributed by atoms with Crippen LogP contribution in [0.1, 0.15) is 12.5 Å². The predicted octanol–water partition coefficient (Wildman–Crippen LogP) is 2.37. The van der Waals surface area contributed by atoms with Crippen molar-refractivity contribution >= 4 is 12.0 Å². The molecule has 0 aliphatic carbocycles. The van der Waals surface area contributed by atoms with Crippen LogP contribution >= 0.6 is 0 Å². The van der Waals surface area contributed by atoms with Crippen LogP contribution in [0.15, 0.2) is 23.3 Å². The summed E-state index contributed by atoms with van der Waals surface area (Å²) in [5, 5.41) is 13.9. The number of benzene rings is 1. The number of rotatable bonds is 6. The first kappa shape index (κ1) is 13.5. The largest absolute Gasteiger partial charge is 0.483 e. The Labute approximate surface area is 102 Å². The number of carbonyl (C=O) groups is 1. The zero-order valence-corrected chi connectivity index (χ0v) is 9.52. The summed E-state index contributed by atoms with van der Waals surface area (Å²) >= 11 is 0. The molecule has 0 spiro atoms. The van der Waals surface area contributed by atoms with E-state index in [1.807, 2.05) is 0 Å². The van der Waals surface area contributed by atoms with Crippen LogP contribution in [0.25, 0.3) is 10.4 Å². The summed E-state index contributed by atoms with van der Waals surface area (Å²) in [4.78, 5) is 23.1. The molecule has 0 aliphatic heterocycles. The predicted molar refractivity (Wildman–Crippen MR) is 62.1 cm³/mol. The third-order valence-electron chi connectivity index (χ3n) is 2.06. The molecule has 0 saturated heterocycles. The van der Waals surface area contributed by atoms with Crippen LogP contribution in [-0.4, -0.2) is 17.3 Å². The van der Waals surface area contributed by atoms with Gasteiger partial charge in [-0.3, -0.25) is 14.9 Å². The summed E-state index contributed by atoms with van der Waals surface area (Å²) in [5.41, 5.74) is 8.47. The van der Waals surface area contributed by atoms with Crippen molar-refractivity contribution in [2.75, 3.05) is 0 Å². The molecule has 1 rings (SSSR count). The maximum atomic E-state index is 10.6. The van der Waals surface area contributed by atoms with Gasteiger partial charge in [-0.15, -0.1) is 0 Å². The van der Waals surface area contributed by atoms with E-state index in [1.54, 1.807) is 0 Å². The average molecular weight is 250 g/mol. The monoisotopic (exact) mass is 250 g/mol. The van der Waals surface area contributed by atoms with Crippen LogP contribution < -0.4 is 4.74 Å². The number of carbonyl (C=O) groups excluding carboxylic acids is 1. The molecule has 8 heteroatoms. The fourth-order valence-electron chi connectivity index (χ4n) is 1.25. The molecule has 94 valence electrons. The van der Waals surface area contributed by atoms with Gasteiger partial charge in [0, 0.05) is 22.6 Å².